The molecule has 0 aliphatic heterocycles. The largest absolute Gasteiger partial charge is 0.507 e. The van der Waals surface area contributed by atoms with Gasteiger partial charge in [0.05, 0.1) is 7.11 Å². The van der Waals surface area contributed by atoms with E-state index in [0.29, 0.717) is 0 Å². The van der Waals surface area contributed by atoms with Gasteiger partial charge in [0.15, 0.2) is 11.6 Å². The molecule has 0 bridgehead atoms. The Bertz CT molecular complexity index is 514. The molecule has 0 heterocycles. The molecule has 0 unspecified atom stereocenters. The van der Waals surface area contributed by atoms with Crippen molar-refractivity contribution in [3.05, 3.63) is 41.5 Å². The van der Waals surface area contributed by atoms with Crippen molar-refractivity contribution in [2.45, 2.75) is 0 Å². The third kappa shape index (κ3) is 4.14. The molecule has 0 aliphatic carbocycles. The number of azo groups is 1. The minimum atomic E-state index is -0.894. The Balaban J connectivity index is 3.05. The zero-order valence-electron chi connectivity index (χ0n) is 10.5. The number of esters is 1. The Morgan fingerprint density at radius 2 is 2.05 bits per heavy atom. The van der Waals surface area contributed by atoms with Crippen LogP contribution < -0.4 is 0 Å². The normalized spacial score (nSPS) is 12.4. The number of carbonyl (C=O) groups is 1. The van der Waals surface area contributed by atoms with Crippen molar-refractivity contribution in [2.75, 3.05) is 20.8 Å². The molecular weight excluding hydrogens is 255 g/mol. The topological polar surface area (TPSA) is 80.5 Å². The van der Waals surface area contributed by atoms with Crippen LogP contribution in [0.4, 0.5) is 10.1 Å². The lowest BCUT2D eigenvalue weighted by molar-refractivity contribution is -0.136. The van der Waals surface area contributed by atoms with Gasteiger partial charge in [-0.15, -0.1) is 10.2 Å². The number of nitrogens with zero attached hydrogens (tertiary/aromatic N) is 2. The molecule has 19 heavy (non-hydrogen) atoms. The maximum absolute atomic E-state index is 13.3. The molecule has 1 aromatic rings. The van der Waals surface area contributed by atoms with Gasteiger partial charge in [0.25, 0.3) is 0 Å². The summed E-state index contributed by atoms with van der Waals surface area (Å²) in [6.45, 7) is -0.235. The highest BCUT2D eigenvalue weighted by molar-refractivity contribution is 5.88. The summed E-state index contributed by atoms with van der Waals surface area (Å²) < 4.78 is 22.4. The van der Waals surface area contributed by atoms with Gasteiger partial charge in [-0.25, -0.2) is 9.18 Å². The zero-order valence-corrected chi connectivity index (χ0v) is 10.5. The molecule has 0 amide bonds. The molecule has 0 saturated carbocycles. The first-order chi connectivity index (χ1) is 9.10. The minimum Gasteiger partial charge on any atom is -0.507 e. The number of halogens is 1. The highest BCUT2D eigenvalue weighted by Crippen LogP contribution is 2.19. The average Bonchev–Trinajstić information content (AvgIpc) is 2.41. The molecule has 0 atom stereocenters. The van der Waals surface area contributed by atoms with Gasteiger partial charge in [-0.3, -0.25) is 0 Å². The molecule has 6 nitrogen and oxygen atoms in total. The lowest BCUT2D eigenvalue weighted by Crippen LogP contribution is -2.08. The highest BCUT2D eigenvalue weighted by Gasteiger charge is 2.16. The number of rotatable bonds is 5. The average molecular weight is 268 g/mol. The van der Waals surface area contributed by atoms with E-state index in [4.69, 9.17) is 0 Å². The lowest BCUT2D eigenvalue weighted by atomic mass is 10.3. The predicted octanol–water partition coefficient (Wildman–Crippen LogP) is 2.50. The van der Waals surface area contributed by atoms with Crippen molar-refractivity contribution >= 4 is 11.7 Å². The highest BCUT2D eigenvalue weighted by atomic mass is 19.1. The van der Waals surface area contributed by atoms with Crippen molar-refractivity contribution in [1.29, 1.82) is 0 Å². The molecule has 102 valence electrons. The van der Waals surface area contributed by atoms with Gasteiger partial charge in [0.1, 0.15) is 12.3 Å². The quantitative estimate of drug-likeness (QED) is 0.385. The van der Waals surface area contributed by atoms with Crippen LogP contribution >= 0.6 is 0 Å². The molecule has 0 aliphatic rings. The van der Waals surface area contributed by atoms with Crippen LogP contribution in [-0.4, -0.2) is 31.9 Å². The molecule has 1 aromatic carbocycles. The first kappa shape index (κ1) is 14.8. The van der Waals surface area contributed by atoms with Crippen LogP contribution in [0.25, 0.3) is 0 Å². The van der Waals surface area contributed by atoms with Gasteiger partial charge < -0.3 is 14.6 Å². The number of hydrogen-bond acceptors (Lipinski definition) is 6. The van der Waals surface area contributed by atoms with Crippen LogP contribution in [0.2, 0.25) is 0 Å². The molecule has 0 saturated heterocycles. The van der Waals surface area contributed by atoms with Gasteiger partial charge in [0.2, 0.25) is 5.70 Å². The summed E-state index contributed by atoms with van der Waals surface area (Å²) >= 11 is 0. The molecule has 0 fully saturated rings. The summed E-state index contributed by atoms with van der Waals surface area (Å²) in [4.78, 5) is 11.4. The van der Waals surface area contributed by atoms with Gasteiger partial charge in [-0.05, 0) is 12.1 Å². The fraction of sp³-hybridized carbons (Fsp3) is 0.250. The van der Waals surface area contributed by atoms with Crippen molar-refractivity contribution < 1.29 is 23.8 Å². The summed E-state index contributed by atoms with van der Waals surface area (Å²) in [7, 11) is 2.46. The van der Waals surface area contributed by atoms with Crippen LogP contribution in [0.1, 0.15) is 0 Å². The third-order valence-electron chi connectivity index (χ3n) is 2.04. The predicted molar refractivity (Wildman–Crippen MR) is 64.5 cm³/mol. The van der Waals surface area contributed by atoms with E-state index in [2.05, 4.69) is 19.7 Å². The number of ether oxygens (including phenoxy) is 2. The molecule has 7 heteroatoms. The number of benzene rings is 1. The summed E-state index contributed by atoms with van der Waals surface area (Å²) in [5.41, 5.74) is -0.498. The molecule has 0 radical (unpaired) electrons. The van der Waals surface area contributed by atoms with Crippen molar-refractivity contribution in [1.82, 2.24) is 0 Å². The summed E-state index contributed by atoms with van der Waals surface area (Å²) in [5, 5.41) is 16.6. The number of hydrogen-bond donors (Lipinski definition) is 1. The Morgan fingerprint density at radius 1 is 1.37 bits per heavy atom. The van der Waals surface area contributed by atoms with E-state index < -0.39 is 23.2 Å². The van der Waals surface area contributed by atoms with E-state index in [9.17, 15) is 14.3 Å². The number of methoxy groups -OCH3 is 2. The lowest BCUT2D eigenvalue weighted by Gasteiger charge is -2.03. The zero-order chi connectivity index (χ0) is 14.3. The van der Waals surface area contributed by atoms with Crippen LogP contribution in [0.5, 0.6) is 0 Å². The Kier molecular flexibility index (Phi) is 5.62. The monoisotopic (exact) mass is 268 g/mol. The smallest absolute Gasteiger partial charge is 0.362 e. The van der Waals surface area contributed by atoms with Gasteiger partial charge in [0, 0.05) is 7.11 Å². The Morgan fingerprint density at radius 3 is 2.63 bits per heavy atom. The van der Waals surface area contributed by atoms with Crippen LogP contribution in [0, 0.1) is 5.82 Å². The Hall–Kier alpha value is -2.28. The van der Waals surface area contributed by atoms with Crippen molar-refractivity contribution in [3.8, 4) is 0 Å². The van der Waals surface area contributed by atoms with Crippen LogP contribution in [0.15, 0.2) is 46.0 Å². The van der Waals surface area contributed by atoms with E-state index in [1.54, 1.807) is 6.07 Å². The second-order valence-electron chi connectivity index (χ2n) is 3.37. The second-order valence-corrected chi connectivity index (χ2v) is 3.37. The van der Waals surface area contributed by atoms with Crippen molar-refractivity contribution in [3.63, 3.8) is 0 Å². The van der Waals surface area contributed by atoms with Crippen LogP contribution in [-0.2, 0) is 14.3 Å². The number of aliphatic hydroxyl groups excluding tert-OH is 1. The van der Waals surface area contributed by atoms with E-state index >= 15 is 0 Å². The molecular formula is C12H13FN2O4. The number of aliphatic hydroxyl groups is 1. The SMILES string of the molecule is COC/C(O)=C(\N=Nc1ccccc1F)C(=O)OC. The van der Waals surface area contributed by atoms with Gasteiger partial charge >= 0.3 is 5.97 Å². The maximum atomic E-state index is 13.3. The number of carbonyl (C=O) groups excluding carboxylic acids is 1. The fourth-order valence-electron chi connectivity index (χ4n) is 1.15. The van der Waals surface area contributed by atoms with E-state index in [1.807, 2.05) is 0 Å². The first-order valence-corrected chi connectivity index (χ1v) is 5.25. The minimum absolute atomic E-state index is 0.0610. The molecule has 1 rings (SSSR count). The third-order valence-corrected chi connectivity index (χ3v) is 2.04. The van der Waals surface area contributed by atoms with Gasteiger partial charge in [-0.2, -0.15) is 0 Å². The second kappa shape index (κ2) is 7.22. The summed E-state index contributed by atoms with van der Waals surface area (Å²) in [6.07, 6.45) is 0. The maximum Gasteiger partial charge on any atom is 0.362 e. The van der Waals surface area contributed by atoms with Crippen molar-refractivity contribution in [2.24, 2.45) is 10.2 Å². The molecule has 0 spiro atoms. The molecule has 1 N–H and O–H groups in total. The Labute approximate surface area is 109 Å². The molecule has 0 aromatic heterocycles. The summed E-state index contributed by atoms with van der Waals surface area (Å²) in [6, 6.07) is 5.63. The fourth-order valence-corrected chi connectivity index (χ4v) is 1.15. The first-order valence-electron chi connectivity index (χ1n) is 5.25. The summed E-state index contributed by atoms with van der Waals surface area (Å²) in [5.74, 6) is -1.94. The van der Waals surface area contributed by atoms with Crippen LogP contribution in [0.3, 0.4) is 0 Å². The van der Waals surface area contributed by atoms with E-state index in [1.165, 1.54) is 25.3 Å². The van der Waals surface area contributed by atoms with E-state index in [-0.39, 0.29) is 12.3 Å². The van der Waals surface area contributed by atoms with E-state index in [0.717, 1.165) is 7.11 Å². The standard InChI is InChI=1S/C12H13FN2O4/c1-18-7-10(16)11(12(17)19-2)15-14-9-6-4-3-5-8(9)13/h3-6,16H,7H2,1-2H3/b11-10+,15-14?. The van der Waals surface area contributed by atoms with Gasteiger partial charge in [-0.1, -0.05) is 12.1 Å².